The lowest BCUT2D eigenvalue weighted by Gasteiger charge is -2.19. The number of thioether (sulfide) groups is 1. The number of halogens is 1. The zero-order valence-corrected chi connectivity index (χ0v) is 16.6. The summed E-state index contributed by atoms with van der Waals surface area (Å²) in [4.78, 5) is 12.8. The Bertz CT molecular complexity index is 898. The first-order chi connectivity index (χ1) is 12.8. The monoisotopic (exact) mass is 412 g/mol. The van der Waals surface area contributed by atoms with E-state index < -0.39 is 15.9 Å². The average Bonchev–Trinajstić information content (AvgIpc) is 2.63. The van der Waals surface area contributed by atoms with Crippen LogP contribution < -0.4 is 5.32 Å². The molecule has 27 heavy (non-hydrogen) atoms. The largest absolute Gasteiger partial charge is 0.506 e. The Kier molecular flexibility index (Phi) is 7.23. The fourth-order valence-electron chi connectivity index (χ4n) is 2.35. The van der Waals surface area contributed by atoms with Crippen LogP contribution in [-0.2, 0) is 14.8 Å². The highest BCUT2D eigenvalue weighted by molar-refractivity contribution is 8.00. The van der Waals surface area contributed by atoms with E-state index in [9.17, 15) is 22.7 Å². The molecule has 146 valence electrons. The van der Waals surface area contributed by atoms with Crippen LogP contribution in [0.3, 0.4) is 0 Å². The van der Waals surface area contributed by atoms with E-state index in [-0.39, 0.29) is 27.9 Å². The van der Waals surface area contributed by atoms with E-state index in [4.69, 9.17) is 0 Å². The minimum absolute atomic E-state index is 0.00881. The van der Waals surface area contributed by atoms with E-state index in [0.717, 1.165) is 0 Å². The summed E-state index contributed by atoms with van der Waals surface area (Å²) in [6.07, 6.45) is 0. The molecule has 0 aromatic heterocycles. The molecule has 2 rings (SSSR count). The topological polar surface area (TPSA) is 86.7 Å². The Balaban J connectivity index is 2.11. The van der Waals surface area contributed by atoms with Gasteiger partial charge in [0, 0.05) is 18.0 Å². The summed E-state index contributed by atoms with van der Waals surface area (Å²) < 4.78 is 39.3. The lowest BCUT2D eigenvalue weighted by molar-refractivity contribution is -0.113. The summed E-state index contributed by atoms with van der Waals surface area (Å²) in [6, 6.07) is 9.49. The number of nitrogens with zero attached hydrogens (tertiary/aromatic N) is 1. The second-order valence-electron chi connectivity index (χ2n) is 5.56. The summed E-state index contributed by atoms with van der Waals surface area (Å²) in [7, 11) is -3.71. The van der Waals surface area contributed by atoms with Gasteiger partial charge in [-0.15, -0.1) is 11.8 Å². The number of anilines is 1. The molecule has 0 aliphatic carbocycles. The number of rotatable bonds is 8. The van der Waals surface area contributed by atoms with Gasteiger partial charge in [0.2, 0.25) is 15.9 Å². The molecule has 0 unspecified atom stereocenters. The molecule has 0 aliphatic rings. The molecule has 1 amide bonds. The van der Waals surface area contributed by atoms with Gasteiger partial charge in [0.15, 0.2) is 0 Å². The fraction of sp³-hybridized carbons (Fsp3) is 0.278. The summed E-state index contributed by atoms with van der Waals surface area (Å²) in [5.74, 6) is -0.983. The van der Waals surface area contributed by atoms with Crippen molar-refractivity contribution in [2.45, 2.75) is 23.6 Å². The van der Waals surface area contributed by atoms with Gasteiger partial charge in [-0.3, -0.25) is 4.79 Å². The third-order valence-electron chi connectivity index (χ3n) is 3.77. The molecule has 0 aliphatic heterocycles. The number of hydrogen-bond donors (Lipinski definition) is 2. The molecule has 2 aromatic carbocycles. The first-order valence-electron chi connectivity index (χ1n) is 8.29. The van der Waals surface area contributed by atoms with Gasteiger partial charge in [0.25, 0.3) is 0 Å². The van der Waals surface area contributed by atoms with Crippen molar-refractivity contribution in [2.75, 3.05) is 24.2 Å². The molecule has 0 heterocycles. The first kappa shape index (κ1) is 21.2. The Labute approximate surface area is 162 Å². The van der Waals surface area contributed by atoms with Crippen LogP contribution in [0.1, 0.15) is 13.8 Å². The zero-order chi connectivity index (χ0) is 20.0. The number of carbonyl (C=O) groups is 1. The van der Waals surface area contributed by atoms with Crippen molar-refractivity contribution in [3.8, 4) is 5.75 Å². The molecule has 0 saturated heterocycles. The number of carbonyl (C=O) groups excluding carboxylic acids is 1. The van der Waals surface area contributed by atoms with Crippen LogP contribution in [0.5, 0.6) is 5.75 Å². The number of sulfonamides is 1. The second-order valence-corrected chi connectivity index (χ2v) is 8.55. The van der Waals surface area contributed by atoms with E-state index >= 15 is 0 Å². The number of aromatic hydroxyl groups is 1. The number of phenolic OH excluding ortho intramolecular Hbond substituents is 1. The van der Waals surface area contributed by atoms with Crippen molar-refractivity contribution >= 4 is 33.4 Å². The molecule has 2 aromatic rings. The molecule has 2 N–H and O–H groups in total. The number of nitrogens with one attached hydrogen (secondary N) is 1. The van der Waals surface area contributed by atoms with Crippen molar-refractivity contribution in [1.29, 1.82) is 0 Å². The van der Waals surface area contributed by atoms with Gasteiger partial charge < -0.3 is 10.4 Å². The van der Waals surface area contributed by atoms with Crippen molar-refractivity contribution in [1.82, 2.24) is 4.31 Å². The molecular weight excluding hydrogens is 391 g/mol. The summed E-state index contributed by atoms with van der Waals surface area (Å²) in [6.45, 7) is 4.10. The smallest absolute Gasteiger partial charge is 0.243 e. The van der Waals surface area contributed by atoms with Crippen LogP contribution in [0.15, 0.2) is 52.3 Å². The van der Waals surface area contributed by atoms with Crippen molar-refractivity contribution in [3.05, 3.63) is 48.3 Å². The maximum absolute atomic E-state index is 12.9. The van der Waals surface area contributed by atoms with Gasteiger partial charge in [0.1, 0.15) is 11.6 Å². The van der Waals surface area contributed by atoms with Crippen LogP contribution in [0.2, 0.25) is 0 Å². The fourth-order valence-corrected chi connectivity index (χ4v) is 4.54. The molecule has 9 heteroatoms. The highest BCUT2D eigenvalue weighted by Crippen LogP contribution is 2.28. The minimum atomic E-state index is -3.71. The third kappa shape index (κ3) is 5.44. The second kappa shape index (κ2) is 9.20. The number of phenols is 1. The SMILES string of the molecule is CCN(CC)S(=O)(=O)c1ccc(O)c(NC(=O)CSc2ccc(F)cc2)c1. The van der Waals surface area contributed by atoms with Crippen LogP contribution in [0.4, 0.5) is 10.1 Å². The Morgan fingerprint density at radius 2 is 1.78 bits per heavy atom. The van der Waals surface area contributed by atoms with Gasteiger partial charge in [0.05, 0.1) is 16.3 Å². The van der Waals surface area contributed by atoms with E-state index in [0.29, 0.717) is 18.0 Å². The minimum Gasteiger partial charge on any atom is -0.506 e. The normalized spacial score (nSPS) is 11.6. The number of amides is 1. The highest BCUT2D eigenvalue weighted by atomic mass is 32.2. The van der Waals surface area contributed by atoms with Crippen molar-refractivity contribution in [3.63, 3.8) is 0 Å². The summed E-state index contributed by atoms with van der Waals surface area (Å²) in [5.41, 5.74) is 0.0212. The van der Waals surface area contributed by atoms with Gasteiger partial charge >= 0.3 is 0 Å². The Hall–Kier alpha value is -2.10. The number of benzene rings is 2. The standard InChI is InChI=1S/C18H21FN2O4S2/c1-3-21(4-2)27(24,25)15-9-10-17(22)16(11-15)20-18(23)12-26-14-7-5-13(19)6-8-14/h5-11,22H,3-4,12H2,1-2H3,(H,20,23). The van der Waals surface area contributed by atoms with Gasteiger partial charge in [-0.25, -0.2) is 12.8 Å². The highest BCUT2D eigenvalue weighted by Gasteiger charge is 2.23. The van der Waals surface area contributed by atoms with Crippen LogP contribution >= 0.6 is 11.8 Å². The predicted octanol–water partition coefficient (Wildman–Crippen LogP) is 3.29. The van der Waals surface area contributed by atoms with Gasteiger partial charge in [-0.2, -0.15) is 4.31 Å². The molecule has 0 atom stereocenters. The lowest BCUT2D eigenvalue weighted by Crippen LogP contribution is -2.30. The molecule has 0 fully saturated rings. The maximum atomic E-state index is 12.9. The lowest BCUT2D eigenvalue weighted by atomic mass is 10.3. The molecule has 0 radical (unpaired) electrons. The van der Waals surface area contributed by atoms with Crippen LogP contribution in [0.25, 0.3) is 0 Å². The summed E-state index contributed by atoms with van der Waals surface area (Å²) in [5, 5.41) is 12.5. The predicted molar refractivity (Wildman–Crippen MR) is 104 cm³/mol. The quantitative estimate of drug-likeness (QED) is 0.513. The third-order valence-corrected chi connectivity index (χ3v) is 6.83. The zero-order valence-electron chi connectivity index (χ0n) is 15.0. The summed E-state index contributed by atoms with van der Waals surface area (Å²) >= 11 is 1.20. The molecule has 6 nitrogen and oxygen atoms in total. The van der Waals surface area contributed by atoms with E-state index in [1.54, 1.807) is 26.0 Å². The molecule has 0 spiro atoms. The van der Waals surface area contributed by atoms with Crippen LogP contribution in [0, 0.1) is 5.82 Å². The van der Waals surface area contributed by atoms with E-state index in [2.05, 4.69) is 5.32 Å². The average molecular weight is 413 g/mol. The Morgan fingerprint density at radius 1 is 1.15 bits per heavy atom. The molecular formula is C18H21FN2O4S2. The van der Waals surface area contributed by atoms with Gasteiger partial charge in [-0.05, 0) is 42.5 Å². The van der Waals surface area contributed by atoms with Crippen LogP contribution in [-0.4, -0.2) is 42.6 Å². The first-order valence-corrected chi connectivity index (χ1v) is 10.7. The maximum Gasteiger partial charge on any atom is 0.243 e. The van der Waals surface area contributed by atoms with E-state index in [1.807, 2.05) is 0 Å². The van der Waals surface area contributed by atoms with E-state index in [1.165, 1.54) is 46.4 Å². The molecule has 0 bridgehead atoms. The van der Waals surface area contributed by atoms with Crippen molar-refractivity contribution < 1.29 is 22.7 Å². The van der Waals surface area contributed by atoms with Crippen molar-refractivity contribution in [2.24, 2.45) is 0 Å². The van der Waals surface area contributed by atoms with Gasteiger partial charge in [-0.1, -0.05) is 13.8 Å². The Morgan fingerprint density at radius 3 is 2.37 bits per heavy atom. The molecule has 0 saturated carbocycles. The number of hydrogen-bond acceptors (Lipinski definition) is 5.